The van der Waals surface area contributed by atoms with Crippen LogP contribution < -0.4 is 5.32 Å². The zero-order valence-electron chi connectivity index (χ0n) is 14.1. The third-order valence-corrected chi connectivity index (χ3v) is 5.00. The van der Waals surface area contributed by atoms with Crippen molar-refractivity contribution in [3.8, 4) is 0 Å². The number of rotatable bonds is 7. The van der Waals surface area contributed by atoms with Crippen molar-refractivity contribution in [2.45, 2.75) is 43.8 Å². The van der Waals surface area contributed by atoms with Gasteiger partial charge in [0.15, 0.2) is 0 Å². The lowest BCUT2D eigenvalue weighted by molar-refractivity contribution is -0.164. The molecule has 0 aliphatic heterocycles. The van der Waals surface area contributed by atoms with Gasteiger partial charge in [-0.3, -0.25) is 9.59 Å². The Kier molecular flexibility index (Phi) is 6.37. The standard InChI is InChI=1S/C17H21F3N2O2S/c1-11(13-3-4-13)22(10-17(18,19)20)16(24)9-25-15-7-5-14(6-8-15)21-12(2)23/h5-8,11,13H,3-4,9-10H2,1-2H3,(H,21,23). The summed E-state index contributed by atoms with van der Waals surface area (Å²) in [4.78, 5) is 25.0. The molecule has 1 aromatic rings. The van der Waals surface area contributed by atoms with E-state index in [2.05, 4.69) is 5.32 Å². The van der Waals surface area contributed by atoms with Gasteiger partial charge in [-0.1, -0.05) is 0 Å². The Hall–Kier alpha value is -1.70. The van der Waals surface area contributed by atoms with Crippen molar-refractivity contribution in [3.63, 3.8) is 0 Å². The first-order valence-electron chi connectivity index (χ1n) is 8.02. The second kappa shape index (κ2) is 8.12. The maximum atomic E-state index is 12.8. The van der Waals surface area contributed by atoms with E-state index in [9.17, 15) is 22.8 Å². The SMILES string of the molecule is CC(=O)Nc1ccc(SCC(=O)N(CC(F)(F)F)C(C)C2CC2)cc1. The third kappa shape index (κ3) is 6.61. The first kappa shape index (κ1) is 19.6. The Bertz CT molecular complexity index is 615. The minimum absolute atomic E-state index is 0.0490. The first-order chi connectivity index (χ1) is 11.7. The van der Waals surface area contributed by atoms with Gasteiger partial charge in [0.05, 0.1) is 5.75 Å². The normalized spacial score (nSPS) is 15.6. The number of hydrogen-bond acceptors (Lipinski definition) is 3. The zero-order valence-corrected chi connectivity index (χ0v) is 14.9. The van der Waals surface area contributed by atoms with Crippen LogP contribution in [0.25, 0.3) is 0 Å². The Morgan fingerprint density at radius 2 is 1.88 bits per heavy atom. The van der Waals surface area contributed by atoms with Crippen LogP contribution in [-0.2, 0) is 9.59 Å². The van der Waals surface area contributed by atoms with E-state index in [0.29, 0.717) is 5.69 Å². The molecule has 1 fully saturated rings. The van der Waals surface area contributed by atoms with Gasteiger partial charge < -0.3 is 10.2 Å². The van der Waals surface area contributed by atoms with Crippen LogP contribution in [0.4, 0.5) is 18.9 Å². The summed E-state index contributed by atoms with van der Waals surface area (Å²) in [6.45, 7) is 1.89. The summed E-state index contributed by atoms with van der Waals surface area (Å²) in [5.41, 5.74) is 0.629. The monoisotopic (exact) mass is 374 g/mol. The molecule has 4 nitrogen and oxygen atoms in total. The first-order valence-corrected chi connectivity index (χ1v) is 9.01. The van der Waals surface area contributed by atoms with Gasteiger partial charge in [0.2, 0.25) is 11.8 Å². The molecule has 1 aliphatic carbocycles. The summed E-state index contributed by atoms with van der Waals surface area (Å²) >= 11 is 1.19. The average Bonchev–Trinajstić information content (AvgIpc) is 3.34. The number of hydrogen-bond donors (Lipinski definition) is 1. The lowest BCUT2D eigenvalue weighted by Gasteiger charge is -2.30. The topological polar surface area (TPSA) is 49.4 Å². The van der Waals surface area contributed by atoms with Gasteiger partial charge >= 0.3 is 6.18 Å². The van der Waals surface area contributed by atoms with Gasteiger partial charge in [-0.2, -0.15) is 13.2 Å². The molecular formula is C17H21F3N2O2S. The van der Waals surface area contributed by atoms with E-state index in [1.54, 1.807) is 31.2 Å². The number of benzene rings is 1. The number of nitrogens with one attached hydrogen (secondary N) is 1. The lowest BCUT2D eigenvalue weighted by atomic mass is 10.2. The molecule has 0 heterocycles. The van der Waals surface area contributed by atoms with Crippen LogP contribution in [0.5, 0.6) is 0 Å². The number of amides is 2. The van der Waals surface area contributed by atoms with Gasteiger partial charge in [0.1, 0.15) is 6.54 Å². The molecule has 0 aromatic heterocycles. The number of halogens is 3. The third-order valence-electron chi connectivity index (χ3n) is 4.00. The fraction of sp³-hybridized carbons (Fsp3) is 0.529. The van der Waals surface area contributed by atoms with Gasteiger partial charge in [-0.15, -0.1) is 11.8 Å². The second-order valence-corrected chi connectivity index (χ2v) is 7.26. The molecule has 138 valence electrons. The molecule has 1 aromatic carbocycles. The van der Waals surface area contributed by atoms with Crippen molar-refractivity contribution < 1.29 is 22.8 Å². The van der Waals surface area contributed by atoms with Crippen molar-refractivity contribution in [2.75, 3.05) is 17.6 Å². The molecule has 2 amide bonds. The molecular weight excluding hydrogens is 353 g/mol. The van der Waals surface area contributed by atoms with E-state index < -0.39 is 24.7 Å². The highest BCUT2D eigenvalue weighted by atomic mass is 32.2. The molecule has 0 bridgehead atoms. The van der Waals surface area contributed by atoms with Crippen LogP contribution in [0.15, 0.2) is 29.2 Å². The Balaban J connectivity index is 1.94. The molecule has 25 heavy (non-hydrogen) atoms. The molecule has 1 N–H and O–H groups in total. The van der Waals surface area contributed by atoms with Gasteiger partial charge in [0.25, 0.3) is 0 Å². The largest absolute Gasteiger partial charge is 0.406 e. The number of nitrogens with zero attached hydrogens (tertiary/aromatic N) is 1. The van der Waals surface area contributed by atoms with Gasteiger partial charge in [-0.05, 0) is 49.9 Å². The maximum Gasteiger partial charge on any atom is 0.406 e. The van der Waals surface area contributed by atoms with Crippen LogP contribution >= 0.6 is 11.8 Å². The minimum Gasteiger partial charge on any atom is -0.330 e. The Morgan fingerprint density at radius 3 is 2.36 bits per heavy atom. The van der Waals surface area contributed by atoms with Crippen LogP contribution in [0.3, 0.4) is 0 Å². The highest BCUT2D eigenvalue weighted by molar-refractivity contribution is 8.00. The number of carbonyl (C=O) groups is 2. The quantitative estimate of drug-likeness (QED) is 0.736. The fourth-order valence-corrected chi connectivity index (χ4v) is 3.34. The van der Waals surface area contributed by atoms with E-state index >= 15 is 0 Å². The molecule has 8 heteroatoms. The molecule has 1 aliphatic rings. The maximum absolute atomic E-state index is 12.8. The Labute approximate surface area is 149 Å². The highest BCUT2D eigenvalue weighted by Crippen LogP contribution is 2.36. The van der Waals surface area contributed by atoms with Gasteiger partial charge in [-0.25, -0.2) is 0 Å². The molecule has 1 saturated carbocycles. The Morgan fingerprint density at radius 1 is 1.28 bits per heavy atom. The van der Waals surface area contributed by atoms with Crippen molar-refractivity contribution in [3.05, 3.63) is 24.3 Å². The van der Waals surface area contributed by atoms with E-state index in [4.69, 9.17) is 0 Å². The second-order valence-electron chi connectivity index (χ2n) is 6.21. The summed E-state index contributed by atoms with van der Waals surface area (Å²) in [6, 6.07) is 6.43. The summed E-state index contributed by atoms with van der Waals surface area (Å²) in [5.74, 6) is -0.569. The van der Waals surface area contributed by atoms with Crippen LogP contribution in [0.1, 0.15) is 26.7 Å². The fourth-order valence-electron chi connectivity index (χ4n) is 2.55. The molecule has 0 spiro atoms. The predicted molar refractivity (Wildman–Crippen MR) is 91.4 cm³/mol. The van der Waals surface area contributed by atoms with Crippen molar-refractivity contribution in [1.82, 2.24) is 4.90 Å². The lowest BCUT2D eigenvalue weighted by Crippen LogP contribution is -2.46. The number of thioether (sulfide) groups is 1. The smallest absolute Gasteiger partial charge is 0.330 e. The highest BCUT2D eigenvalue weighted by Gasteiger charge is 2.40. The number of anilines is 1. The number of carbonyl (C=O) groups excluding carboxylic acids is 2. The summed E-state index contributed by atoms with van der Waals surface area (Å²) in [7, 11) is 0. The van der Waals surface area contributed by atoms with E-state index in [0.717, 1.165) is 22.6 Å². The van der Waals surface area contributed by atoms with E-state index in [1.165, 1.54) is 18.7 Å². The molecule has 0 saturated heterocycles. The summed E-state index contributed by atoms with van der Waals surface area (Å²) < 4.78 is 38.4. The molecule has 1 atom stereocenters. The van der Waals surface area contributed by atoms with Crippen LogP contribution in [0.2, 0.25) is 0 Å². The van der Waals surface area contributed by atoms with Crippen LogP contribution in [-0.4, -0.2) is 41.2 Å². The molecule has 2 rings (SSSR count). The van der Waals surface area contributed by atoms with E-state index in [1.807, 2.05) is 0 Å². The summed E-state index contributed by atoms with van der Waals surface area (Å²) in [6.07, 6.45) is -2.65. The van der Waals surface area contributed by atoms with Gasteiger partial charge in [0, 0.05) is 23.5 Å². The van der Waals surface area contributed by atoms with Crippen molar-refractivity contribution in [2.24, 2.45) is 5.92 Å². The predicted octanol–water partition coefficient (Wildman–Crippen LogP) is 3.93. The van der Waals surface area contributed by atoms with Crippen LogP contribution in [0, 0.1) is 5.92 Å². The van der Waals surface area contributed by atoms with Crippen molar-refractivity contribution in [1.29, 1.82) is 0 Å². The minimum atomic E-state index is -4.40. The zero-order chi connectivity index (χ0) is 18.6. The summed E-state index contributed by atoms with van der Waals surface area (Å²) in [5, 5.41) is 2.63. The van der Waals surface area contributed by atoms with E-state index in [-0.39, 0.29) is 17.6 Å². The molecule has 1 unspecified atom stereocenters. The van der Waals surface area contributed by atoms with Crippen molar-refractivity contribution >= 4 is 29.3 Å². The molecule has 0 radical (unpaired) electrons. The average molecular weight is 374 g/mol. The number of alkyl halides is 3.